The van der Waals surface area contributed by atoms with Crippen molar-refractivity contribution in [1.29, 1.82) is 0 Å². The molecule has 1 aromatic heterocycles. The molecule has 1 aliphatic heterocycles. The number of carbonyl (C=O) groups is 1. The van der Waals surface area contributed by atoms with E-state index in [9.17, 15) is 22.8 Å². The SMILES string of the molecule is O=C(c1cccc(C(F)(F)F)c1)N1CCC(n2nc(C3CC3)ccc2=O)CC1. The van der Waals surface area contributed by atoms with E-state index in [4.69, 9.17) is 0 Å². The van der Waals surface area contributed by atoms with E-state index < -0.39 is 17.6 Å². The third kappa shape index (κ3) is 3.81. The van der Waals surface area contributed by atoms with Gasteiger partial charge in [-0.05, 0) is 49.9 Å². The van der Waals surface area contributed by atoms with E-state index in [1.165, 1.54) is 16.8 Å². The Bertz CT molecular complexity index is 942. The fraction of sp³-hybridized carbons (Fsp3) is 0.450. The lowest BCUT2D eigenvalue weighted by Gasteiger charge is -2.32. The number of rotatable bonds is 3. The third-order valence-corrected chi connectivity index (χ3v) is 5.38. The van der Waals surface area contributed by atoms with Crippen LogP contribution >= 0.6 is 0 Å². The Morgan fingerprint density at radius 1 is 1.04 bits per heavy atom. The van der Waals surface area contributed by atoms with Gasteiger partial charge in [-0.1, -0.05) is 6.07 Å². The van der Waals surface area contributed by atoms with Crippen LogP contribution in [0.1, 0.15) is 59.3 Å². The van der Waals surface area contributed by atoms with Gasteiger partial charge in [0.1, 0.15) is 0 Å². The molecular formula is C20H20F3N3O2. The highest BCUT2D eigenvalue weighted by Crippen LogP contribution is 2.38. The fourth-order valence-corrected chi connectivity index (χ4v) is 3.62. The van der Waals surface area contributed by atoms with Crippen LogP contribution in [0.4, 0.5) is 13.2 Å². The van der Waals surface area contributed by atoms with Gasteiger partial charge in [0.15, 0.2) is 0 Å². The molecule has 0 atom stereocenters. The molecule has 2 aliphatic rings. The number of likely N-dealkylation sites (tertiary alicyclic amines) is 1. The molecule has 28 heavy (non-hydrogen) atoms. The van der Waals surface area contributed by atoms with Gasteiger partial charge in [0.25, 0.3) is 11.5 Å². The quantitative estimate of drug-likeness (QED) is 0.803. The van der Waals surface area contributed by atoms with Crippen LogP contribution in [-0.2, 0) is 6.18 Å². The lowest BCUT2D eigenvalue weighted by molar-refractivity contribution is -0.137. The van der Waals surface area contributed by atoms with Gasteiger partial charge >= 0.3 is 6.18 Å². The Morgan fingerprint density at radius 2 is 1.75 bits per heavy atom. The van der Waals surface area contributed by atoms with Crippen molar-refractivity contribution in [1.82, 2.24) is 14.7 Å². The molecule has 4 rings (SSSR count). The Kier molecular flexibility index (Phi) is 4.72. The number of hydrogen-bond acceptors (Lipinski definition) is 3. The van der Waals surface area contributed by atoms with Gasteiger partial charge in [-0.25, -0.2) is 4.68 Å². The minimum atomic E-state index is -4.48. The van der Waals surface area contributed by atoms with Crippen LogP contribution in [0.25, 0.3) is 0 Å². The molecule has 1 saturated heterocycles. The standard InChI is InChI=1S/C20H20F3N3O2/c21-20(22,23)15-3-1-2-14(12-15)19(28)25-10-8-16(9-11-25)26-18(27)7-6-17(24-26)13-4-5-13/h1-3,6-7,12-13,16H,4-5,8-11H2. The van der Waals surface area contributed by atoms with Crippen molar-refractivity contribution in [3.8, 4) is 0 Å². The maximum absolute atomic E-state index is 12.9. The lowest BCUT2D eigenvalue weighted by atomic mass is 10.0. The molecule has 0 unspecified atom stereocenters. The van der Waals surface area contributed by atoms with Crippen molar-refractivity contribution in [2.24, 2.45) is 0 Å². The molecule has 8 heteroatoms. The largest absolute Gasteiger partial charge is 0.416 e. The van der Waals surface area contributed by atoms with Crippen molar-refractivity contribution in [2.45, 2.75) is 43.8 Å². The van der Waals surface area contributed by atoms with Gasteiger partial charge in [0, 0.05) is 30.6 Å². The second-order valence-electron chi connectivity index (χ2n) is 7.42. The van der Waals surface area contributed by atoms with Gasteiger partial charge in [-0.15, -0.1) is 0 Å². The minimum Gasteiger partial charge on any atom is -0.338 e. The molecule has 148 valence electrons. The first-order chi connectivity index (χ1) is 13.3. The second kappa shape index (κ2) is 7.07. The molecule has 1 amide bonds. The van der Waals surface area contributed by atoms with Crippen LogP contribution in [0.2, 0.25) is 0 Å². The molecule has 0 spiro atoms. The van der Waals surface area contributed by atoms with Gasteiger partial charge in [0.2, 0.25) is 0 Å². The molecule has 1 aliphatic carbocycles. The molecular weight excluding hydrogens is 371 g/mol. The molecule has 2 heterocycles. The summed E-state index contributed by atoms with van der Waals surface area (Å²) in [5.41, 5.74) is -0.0331. The topological polar surface area (TPSA) is 55.2 Å². The number of nitrogens with zero attached hydrogens (tertiary/aromatic N) is 3. The maximum atomic E-state index is 12.9. The van der Waals surface area contributed by atoms with Crippen molar-refractivity contribution in [3.05, 3.63) is 63.6 Å². The van der Waals surface area contributed by atoms with Crippen molar-refractivity contribution < 1.29 is 18.0 Å². The summed E-state index contributed by atoms with van der Waals surface area (Å²) in [5, 5.41) is 4.50. The number of aromatic nitrogens is 2. The van der Waals surface area contributed by atoms with Crippen molar-refractivity contribution >= 4 is 5.91 Å². The summed E-state index contributed by atoms with van der Waals surface area (Å²) in [5.74, 6) is 0.0195. The highest BCUT2D eigenvalue weighted by Gasteiger charge is 2.32. The first kappa shape index (κ1) is 18.7. The number of amides is 1. The number of hydrogen-bond donors (Lipinski definition) is 0. The van der Waals surface area contributed by atoms with Gasteiger partial charge in [-0.3, -0.25) is 9.59 Å². The highest BCUT2D eigenvalue weighted by molar-refractivity contribution is 5.94. The molecule has 1 saturated carbocycles. The summed E-state index contributed by atoms with van der Waals surface area (Å²) in [6, 6.07) is 7.71. The molecule has 0 radical (unpaired) electrons. The Morgan fingerprint density at radius 3 is 2.39 bits per heavy atom. The van der Waals surface area contributed by atoms with Crippen molar-refractivity contribution in [2.75, 3.05) is 13.1 Å². The second-order valence-corrected chi connectivity index (χ2v) is 7.42. The molecule has 2 aromatic rings. The van der Waals surface area contributed by atoms with Crippen LogP contribution in [0, 0.1) is 0 Å². The summed E-state index contributed by atoms with van der Waals surface area (Å²) < 4.78 is 40.2. The zero-order valence-corrected chi connectivity index (χ0v) is 15.2. The third-order valence-electron chi connectivity index (χ3n) is 5.38. The summed E-state index contributed by atoms with van der Waals surface area (Å²) in [7, 11) is 0. The number of alkyl halides is 3. The number of benzene rings is 1. The van der Waals surface area contributed by atoms with Crippen molar-refractivity contribution in [3.63, 3.8) is 0 Å². The zero-order chi connectivity index (χ0) is 19.9. The zero-order valence-electron chi connectivity index (χ0n) is 15.2. The lowest BCUT2D eigenvalue weighted by Crippen LogP contribution is -2.41. The monoisotopic (exact) mass is 391 g/mol. The summed E-state index contributed by atoms with van der Waals surface area (Å²) in [6.07, 6.45) is -1.20. The minimum absolute atomic E-state index is 0.0271. The number of halogens is 3. The maximum Gasteiger partial charge on any atom is 0.416 e. The van der Waals surface area contributed by atoms with E-state index in [1.807, 2.05) is 0 Å². The van der Waals surface area contributed by atoms with Crippen LogP contribution in [0.3, 0.4) is 0 Å². The van der Waals surface area contributed by atoms with E-state index in [-0.39, 0.29) is 17.2 Å². The smallest absolute Gasteiger partial charge is 0.338 e. The molecule has 1 aromatic carbocycles. The van der Waals surface area contributed by atoms with Gasteiger partial charge in [-0.2, -0.15) is 18.3 Å². The Labute approximate surface area is 159 Å². The first-order valence-electron chi connectivity index (χ1n) is 9.39. The predicted octanol–water partition coefficient (Wildman–Crippen LogP) is 3.62. The van der Waals surface area contributed by atoms with E-state index in [1.54, 1.807) is 17.0 Å². The molecule has 0 bridgehead atoms. The molecule has 2 fully saturated rings. The number of piperidine rings is 1. The average molecular weight is 391 g/mol. The molecule has 5 nitrogen and oxygen atoms in total. The highest BCUT2D eigenvalue weighted by atomic mass is 19.4. The predicted molar refractivity (Wildman–Crippen MR) is 96.1 cm³/mol. The van der Waals surface area contributed by atoms with Crippen LogP contribution in [0.15, 0.2) is 41.2 Å². The summed E-state index contributed by atoms with van der Waals surface area (Å²) >= 11 is 0. The summed E-state index contributed by atoms with van der Waals surface area (Å²) in [4.78, 5) is 26.4. The van der Waals surface area contributed by atoms with E-state index in [0.717, 1.165) is 30.7 Å². The first-order valence-corrected chi connectivity index (χ1v) is 9.39. The van der Waals surface area contributed by atoms with Gasteiger partial charge in [0.05, 0.1) is 17.3 Å². The van der Waals surface area contributed by atoms with Crippen LogP contribution < -0.4 is 5.56 Å². The van der Waals surface area contributed by atoms with Crippen LogP contribution in [0.5, 0.6) is 0 Å². The Balaban J connectivity index is 1.45. The molecule has 0 N–H and O–H groups in total. The van der Waals surface area contributed by atoms with Gasteiger partial charge < -0.3 is 4.90 Å². The van der Waals surface area contributed by atoms with E-state index in [2.05, 4.69) is 5.10 Å². The normalized spacial score (nSPS) is 18.3. The number of carbonyl (C=O) groups excluding carboxylic acids is 1. The van der Waals surface area contributed by atoms with E-state index >= 15 is 0 Å². The van der Waals surface area contributed by atoms with E-state index in [0.29, 0.717) is 31.8 Å². The fourth-order valence-electron chi connectivity index (χ4n) is 3.62. The summed E-state index contributed by atoms with van der Waals surface area (Å²) in [6.45, 7) is 0.753. The Hall–Kier alpha value is -2.64. The average Bonchev–Trinajstić information content (AvgIpc) is 3.53. The van der Waals surface area contributed by atoms with Crippen LogP contribution in [-0.4, -0.2) is 33.7 Å².